The third-order valence-corrected chi connectivity index (χ3v) is 3.81. The average molecular weight is 313 g/mol. The number of aromatic nitrogens is 2. The lowest BCUT2D eigenvalue weighted by molar-refractivity contribution is -0.107. The minimum atomic E-state index is -1.06. The number of aliphatic hydroxyl groups is 2. The number of rotatable bonds is 3. The first kappa shape index (κ1) is 16.4. The van der Waals surface area contributed by atoms with Crippen molar-refractivity contribution in [3.63, 3.8) is 0 Å². The molecule has 0 unspecified atom stereocenters. The minimum absolute atomic E-state index is 0.0904. The number of carbonyl (C=O) groups is 1. The molecule has 22 heavy (non-hydrogen) atoms. The fourth-order valence-electron chi connectivity index (χ4n) is 2.39. The SMILES string of the molecule is Cn1c(C(=O)N[C@H]2CCO[C@H](CO)[C@H]2O)cc(=O)n(C)c1=O. The zero-order valence-electron chi connectivity index (χ0n) is 12.4. The van der Waals surface area contributed by atoms with Gasteiger partial charge in [-0.05, 0) is 6.42 Å². The molecule has 3 N–H and O–H groups in total. The number of aliphatic hydroxyl groups excluding tert-OH is 2. The van der Waals surface area contributed by atoms with Crippen molar-refractivity contribution in [3.8, 4) is 0 Å². The van der Waals surface area contributed by atoms with Crippen molar-refractivity contribution in [2.24, 2.45) is 14.1 Å². The van der Waals surface area contributed by atoms with E-state index >= 15 is 0 Å². The van der Waals surface area contributed by atoms with Crippen LogP contribution in [0.5, 0.6) is 0 Å². The molecule has 9 nitrogen and oxygen atoms in total. The van der Waals surface area contributed by atoms with Crippen LogP contribution in [0, 0.1) is 0 Å². The molecule has 9 heteroatoms. The summed E-state index contributed by atoms with van der Waals surface area (Å²) in [5.41, 5.74) is -1.29. The molecule has 0 bridgehead atoms. The van der Waals surface area contributed by atoms with Crippen LogP contribution in [0.2, 0.25) is 0 Å². The normalized spacial score (nSPS) is 25.0. The summed E-state index contributed by atoms with van der Waals surface area (Å²) >= 11 is 0. The Morgan fingerprint density at radius 1 is 1.41 bits per heavy atom. The van der Waals surface area contributed by atoms with Gasteiger partial charge in [-0.3, -0.25) is 18.7 Å². The van der Waals surface area contributed by atoms with Crippen molar-refractivity contribution in [1.29, 1.82) is 0 Å². The standard InChI is InChI=1S/C13H19N3O6/c1-15-8(5-10(18)16(2)13(15)21)12(20)14-7-3-4-22-9(6-17)11(7)19/h5,7,9,11,17,19H,3-4,6H2,1-2H3,(H,14,20)/t7-,9+,11-/m0/s1. The van der Waals surface area contributed by atoms with Gasteiger partial charge in [-0.2, -0.15) is 0 Å². The molecule has 0 spiro atoms. The molecular weight excluding hydrogens is 294 g/mol. The van der Waals surface area contributed by atoms with E-state index < -0.39 is 35.4 Å². The molecule has 1 aliphatic heterocycles. The Morgan fingerprint density at radius 2 is 2.09 bits per heavy atom. The van der Waals surface area contributed by atoms with Crippen LogP contribution in [0.1, 0.15) is 16.9 Å². The van der Waals surface area contributed by atoms with Crippen LogP contribution in [0.4, 0.5) is 0 Å². The second kappa shape index (κ2) is 6.42. The van der Waals surface area contributed by atoms with E-state index in [0.29, 0.717) is 6.42 Å². The lowest BCUT2D eigenvalue weighted by atomic mass is 10.00. The van der Waals surface area contributed by atoms with Crippen LogP contribution in [0.15, 0.2) is 15.7 Å². The van der Waals surface area contributed by atoms with Crippen molar-refractivity contribution in [3.05, 3.63) is 32.6 Å². The van der Waals surface area contributed by atoms with Gasteiger partial charge in [-0.1, -0.05) is 0 Å². The summed E-state index contributed by atoms with van der Waals surface area (Å²) < 4.78 is 7.13. The third kappa shape index (κ3) is 2.96. The quantitative estimate of drug-likeness (QED) is 0.559. The molecule has 0 aliphatic carbocycles. The first-order valence-corrected chi connectivity index (χ1v) is 6.85. The largest absolute Gasteiger partial charge is 0.394 e. The van der Waals surface area contributed by atoms with Gasteiger partial charge >= 0.3 is 5.69 Å². The first-order chi connectivity index (χ1) is 10.4. The number of ether oxygens (including phenoxy) is 1. The number of hydrogen-bond acceptors (Lipinski definition) is 6. The maximum Gasteiger partial charge on any atom is 0.331 e. The molecule has 1 aliphatic rings. The van der Waals surface area contributed by atoms with Crippen LogP contribution >= 0.6 is 0 Å². The van der Waals surface area contributed by atoms with Crippen molar-refractivity contribution >= 4 is 5.91 Å². The molecule has 1 fully saturated rings. The molecule has 0 radical (unpaired) electrons. The van der Waals surface area contributed by atoms with Crippen molar-refractivity contribution in [2.75, 3.05) is 13.2 Å². The third-order valence-electron chi connectivity index (χ3n) is 3.81. The Balaban J connectivity index is 2.23. The Hall–Kier alpha value is -1.97. The molecule has 3 atom stereocenters. The van der Waals surface area contributed by atoms with E-state index in [2.05, 4.69) is 5.32 Å². The van der Waals surface area contributed by atoms with E-state index in [9.17, 15) is 19.5 Å². The Morgan fingerprint density at radius 3 is 2.73 bits per heavy atom. The van der Waals surface area contributed by atoms with E-state index in [1.165, 1.54) is 14.1 Å². The highest BCUT2D eigenvalue weighted by atomic mass is 16.5. The van der Waals surface area contributed by atoms with Crippen molar-refractivity contribution in [2.45, 2.75) is 24.7 Å². The Bertz CT molecular complexity index is 679. The van der Waals surface area contributed by atoms with E-state index in [-0.39, 0.29) is 18.9 Å². The molecule has 1 amide bonds. The number of nitrogens with one attached hydrogen (secondary N) is 1. The van der Waals surface area contributed by atoms with E-state index in [1.807, 2.05) is 0 Å². The summed E-state index contributed by atoms with van der Waals surface area (Å²) in [7, 11) is 2.70. The maximum absolute atomic E-state index is 12.3. The predicted octanol–water partition coefficient (Wildman–Crippen LogP) is -2.68. The molecule has 1 saturated heterocycles. The zero-order chi connectivity index (χ0) is 16.4. The van der Waals surface area contributed by atoms with Gasteiger partial charge in [0, 0.05) is 26.8 Å². The molecule has 1 aromatic heterocycles. The predicted molar refractivity (Wildman–Crippen MR) is 75.6 cm³/mol. The summed E-state index contributed by atoms with van der Waals surface area (Å²) in [5.74, 6) is -0.639. The zero-order valence-corrected chi connectivity index (χ0v) is 12.4. The monoisotopic (exact) mass is 313 g/mol. The first-order valence-electron chi connectivity index (χ1n) is 6.85. The molecular formula is C13H19N3O6. The lowest BCUT2D eigenvalue weighted by Gasteiger charge is -2.34. The Kier molecular flexibility index (Phi) is 4.79. The smallest absolute Gasteiger partial charge is 0.331 e. The second-order valence-electron chi connectivity index (χ2n) is 5.22. The van der Waals surface area contributed by atoms with Gasteiger partial charge in [0.2, 0.25) is 0 Å². The summed E-state index contributed by atoms with van der Waals surface area (Å²) in [6, 6.07) is 0.434. The summed E-state index contributed by atoms with van der Waals surface area (Å²) in [6.45, 7) is -0.0827. The highest BCUT2D eigenvalue weighted by molar-refractivity contribution is 5.92. The maximum atomic E-state index is 12.3. The number of carbonyl (C=O) groups excluding carboxylic acids is 1. The molecule has 122 valence electrons. The van der Waals surface area contributed by atoms with Gasteiger partial charge in [0.15, 0.2) is 0 Å². The number of amides is 1. The lowest BCUT2D eigenvalue weighted by Crippen LogP contribution is -2.55. The van der Waals surface area contributed by atoms with Gasteiger partial charge < -0.3 is 20.3 Å². The van der Waals surface area contributed by atoms with Gasteiger partial charge in [0.25, 0.3) is 11.5 Å². The van der Waals surface area contributed by atoms with Crippen LogP contribution in [0.3, 0.4) is 0 Å². The van der Waals surface area contributed by atoms with Gasteiger partial charge in [0.1, 0.15) is 17.9 Å². The molecule has 0 saturated carbocycles. The van der Waals surface area contributed by atoms with Crippen molar-refractivity contribution in [1.82, 2.24) is 14.5 Å². The van der Waals surface area contributed by atoms with Gasteiger partial charge in [-0.15, -0.1) is 0 Å². The molecule has 1 aromatic rings. The summed E-state index contributed by atoms with van der Waals surface area (Å²) in [5, 5.41) is 21.7. The molecule has 0 aromatic carbocycles. The van der Waals surface area contributed by atoms with E-state index in [1.54, 1.807) is 0 Å². The van der Waals surface area contributed by atoms with Gasteiger partial charge in [0.05, 0.1) is 12.6 Å². The highest BCUT2D eigenvalue weighted by Gasteiger charge is 2.33. The fourth-order valence-corrected chi connectivity index (χ4v) is 2.39. The Labute approximate surface area is 125 Å². The molecule has 2 rings (SSSR count). The number of nitrogens with zero attached hydrogens (tertiary/aromatic N) is 2. The average Bonchev–Trinajstić information content (AvgIpc) is 2.50. The molecule has 2 heterocycles. The fraction of sp³-hybridized carbons (Fsp3) is 0.615. The van der Waals surface area contributed by atoms with E-state index in [4.69, 9.17) is 9.84 Å². The van der Waals surface area contributed by atoms with Crippen LogP contribution in [0.25, 0.3) is 0 Å². The van der Waals surface area contributed by atoms with Crippen LogP contribution in [-0.4, -0.2) is 56.7 Å². The summed E-state index contributed by atoms with van der Waals surface area (Å²) in [4.78, 5) is 35.7. The highest BCUT2D eigenvalue weighted by Crippen LogP contribution is 2.15. The summed E-state index contributed by atoms with van der Waals surface area (Å²) in [6.07, 6.45) is -1.47. The van der Waals surface area contributed by atoms with Gasteiger partial charge in [-0.25, -0.2) is 4.79 Å². The van der Waals surface area contributed by atoms with Crippen LogP contribution in [-0.2, 0) is 18.8 Å². The topological polar surface area (TPSA) is 123 Å². The van der Waals surface area contributed by atoms with Crippen LogP contribution < -0.4 is 16.6 Å². The van der Waals surface area contributed by atoms with Crippen molar-refractivity contribution < 1.29 is 19.7 Å². The number of hydrogen-bond donors (Lipinski definition) is 3. The second-order valence-corrected chi connectivity index (χ2v) is 5.22. The minimum Gasteiger partial charge on any atom is -0.394 e. The van der Waals surface area contributed by atoms with E-state index in [0.717, 1.165) is 15.2 Å².